The normalized spacial score (nSPS) is 11.2. The Hall–Kier alpha value is -2.08. The summed E-state index contributed by atoms with van der Waals surface area (Å²) in [6.07, 6.45) is 0. The van der Waals surface area contributed by atoms with Crippen LogP contribution in [0.5, 0.6) is 5.75 Å². The van der Waals surface area contributed by atoms with Crippen molar-refractivity contribution < 1.29 is 17.5 Å². The Bertz CT molecular complexity index is 772. The second kappa shape index (κ2) is 5.73. The highest BCUT2D eigenvalue weighted by molar-refractivity contribution is 7.92. The van der Waals surface area contributed by atoms with Crippen LogP contribution in [0.25, 0.3) is 0 Å². The number of nitrogens with one attached hydrogen (secondary N) is 1. The number of methoxy groups -OCH3 is 1. The maximum absolute atomic E-state index is 13.3. The molecule has 4 nitrogen and oxygen atoms in total. The standard InChI is InChI=1S/C15H16FNO3S/c1-10-4-6-13(8-11(10)2)21(18,19)17-14-9-12(16)5-7-15(14)20-3/h4-9,17H,1-3H3. The number of hydrogen-bond acceptors (Lipinski definition) is 3. The average Bonchev–Trinajstić information content (AvgIpc) is 2.41. The summed E-state index contributed by atoms with van der Waals surface area (Å²) in [4.78, 5) is 0.122. The van der Waals surface area contributed by atoms with E-state index in [4.69, 9.17) is 4.74 Å². The number of hydrogen-bond donors (Lipinski definition) is 1. The van der Waals surface area contributed by atoms with Gasteiger partial charge in [0.15, 0.2) is 0 Å². The number of halogens is 1. The van der Waals surface area contributed by atoms with Gasteiger partial charge in [-0.1, -0.05) is 6.07 Å². The van der Waals surface area contributed by atoms with Crippen LogP contribution in [-0.2, 0) is 10.0 Å². The maximum atomic E-state index is 13.3. The van der Waals surface area contributed by atoms with E-state index in [2.05, 4.69) is 4.72 Å². The summed E-state index contributed by atoms with van der Waals surface area (Å²) in [7, 11) is -2.41. The fourth-order valence-electron chi connectivity index (χ4n) is 1.84. The number of anilines is 1. The Morgan fingerprint density at radius 3 is 2.38 bits per heavy atom. The van der Waals surface area contributed by atoms with E-state index in [1.165, 1.54) is 25.3 Å². The molecule has 0 saturated carbocycles. The highest BCUT2D eigenvalue weighted by Crippen LogP contribution is 2.27. The van der Waals surface area contributed by atoms with Gasteiger partial charge in [0, 0.05) is 6.07 Å². The van der Waals surface area contributed by atoms with Gasteiger partial charge in [-0.2, -0.15) is 0 Å². The highest BCUT2D eigenvalue weighted by Gasteiger charge is 2.17. The number of rotatable bonds is 4. The summed E-state index contributed by atoms with van der Waals surface area (Å²) in [6, 6.07) is 8.46. The minimum atomic E-state index is -3.80. The first-order valence-corrected chi connectivity index (χ1v) is 7.75. The molecule has 2 aromatic rings. The van der Waals surface area contributed by atoms with E-state index < -0.39 is 15.8 Å². The minimum absolute atomic E-state index is 0.0655. The molecule has 0 fully saturated rings. The van der Waals surface area contributed by atoms with Gasteiger partial charge in [-0.25, -0.2) is 12.8 Å². The van der Waals surface area contributed by atoms with Crippen LogP contribution in [0.3, 0.4) is 0 Å². The molecule has 0 amide bonds. The van der Waals surface area contributed by atoms with Gasteiger partial charge in [-0.05, 0) is 49.2 Å². The molecule has 0 unspecified atom stereocenters. The number of sulfonamides is 1. The van der Waals surface area contributed by atoms with E-state index in [9.17, 15) is 12.8 Å². The largest absolute Gasteiger partial charge is 0.495 e. The van der Waals surface area contributed by atoms with Gasteiger partial charge in [0.25, 0.3) is 10.0 Å². The topological polar surface area (TPSA) is 55.4 Å². The van der Waals surface area contributed by atoms with Crippen molar-refractivity contribution in [2.24, 2.45) is 0 Å². The summed E-state index contributed by atoms with van der Waals surface area (Å²) in [6.45, 7) is 3.73. The van der Waals surface area contributed by atoms with Crippen molar-refractivity contribution in [3.8, 4) is 5.75 Å². The monoisotopic (exact) mass is 309 g/mol. The van der Waals surface area contributed by atoms with Crippen LogP contribution < -0.4 is 9.46 Å². The molecule has 0 aliphatic rings. The van der Waals surface area contributed by atoms with Crippen LogP contribution in [-0.4, -0.2) is 15.5 Å². The number of aryl methyl sites for hydroxylation is 2. The molecule has 0 aliphatic carbocycles. The molecule has 112 valence electrons. The Kier molecular flexibility index (Phi) is 4.18. The lowest BCUT2D eigenvalue weighted by molar-refractivity contribution is 0.416. The first-order valence-electron chi connectivity index (χ1n) is 6.27. The third-order valence-corrected chi connectivity index (χ3v) is 4.56. The quantitative estimate of drug-likeness (QED) is 0.943. The lowest BCUT2D eigenvalue weighted by Crippen LogP contribution is -2.14. The van der Waals surface area contributed by atoms with Crippen molar-refractivity contribution in [1.29, 1.82) is 0 Å². The van der Waals surface area contributed by atoms with Gasteiger partial charge in [-0.3, -0.25) is 4.72 Å². The minimum Gasteiger partial charge on any atom is -0.495 e. The molecular formula is C15H16FNO3S. The molecule has 21 heavy (non-hydrogen) atoms. The van der Waals surface area contributed by atoms with E-state index in [0.717, 1.165) is 17.2 Å². The SMILES string of the molecule is COc1ccc(F)cc1NS(=O)(=O)c1ccc(C)c(C)c1. The number of ether oxygens (including phenoxy) is 1. The lowest BCUT2D eigenvalue weighted by Gasteiger charge is -2.12. The van der Waals surface area contributed by atoms with Crippen molar-refractivity contribution in [1.82, 2.24) is 0 Å². The summed E-state index contributed by atoms with van der Waals surface area (Å²) >= 11 is 0. The molecule has 0 radical (unpaired) electrons. The summed E-state index contributed by atoms with van der Waals surface area (Å²) in [5, 5.41) is 0. The fourth-order valence-corrected chi connectivity index (χ4v) is 2.99. The average molecular weight is 309 g/mol. The van der Waals surface area contributed by atoms with E-state index in [0.29, 0.717) is 0 Å². The lowest BCUT2D eigenvalue weighted by atomic mass is 10.1. The molecule has 1 N–H and O–H groups in total. The van der Waals surface area contributed by atoms with Crippen molar-refractivity contribution in [3.63, 3.8) is 0 Å². The highest BCUT2D eigenvalue weighted by atomic mass is 32.2. The third kappa shape index (κ3) is 3.33. The van der Waals surface area contributed by atoms with Crippen LogP contribution in [0.15, 0.2) is 41.3 Å². The van der Waals surface area contributed by atoms with Crippen LogP contribution in [0, 0.1) is 19.7 Å². The Balaban J connectivity index is 2.41. The molecule has 2 aromatic carbocycles. The molecule has 6 heteroatoms. The number of benzene rings is 2. The van der Waals surface area contributed by atoms with Gasteiger partial charge in [0.2, 0.25) is 0 Å². The predicted octanol–water partition coefficient (Wildman–Crippen LogP) is 3.25. The van der Waals surface area contributed by atoms with Crippen molar-refractivity contribution in [3.05, 3.63) is 53.3 Å². The maximum Gasteiger partial charge on any atom is 0.262 e. The zero-order chi connectivity index (χ0) is 15.6. The second-order valence-corrected chi connectivity index (χ2v) is 6.38. The Labute approximate surface area is 123 Å². The third-order valence-electron chi connectivity index (χ3n) is 3.19. The summed E-state index contributed by atoms with van der Waals surface area (Å²) in [5.74, 6) is -0.294. The zero-order valence-electron chi connectivity index (χ0n) is 12.0. The van der Waals surface area contributed by atoms with E-state index in [1.807, 2.05) is 13.8 Å². The van der Waals surface area contributed by atoms with Gasteiger partial charge in [0.05, 0.1) is 17.7 Å². The molecule has 0 aromatic heterocycles. The molecule has 0 bridgehead atoms. The molecule has 2 rings (SSSR count). The predicted molar refractivity (Wildman–Crippen MR) is 79.7 cm³/mol. The molecular weight excluding hydrogens is 293 g/mol. The molecule has 0 atom stereocenters. The van der Waals surface area contributed by atoms with Crippen LogP contribution in [0.2, 0.25) is 0 Å². The van der Waals surface area contributed by atoms with E-state index >= 15 is 0 Å². The molecule has 0 saturated heterocycles. The molecule has 0 aliphatic heterocycles. The van der Waals surface area contributed by atoms with Crippen molar-refractivity contribution in [2.45, 2.75) is 18.7 Å². The summed E-state index contributed by atoms with van der Waals surface area (Å²) in [5.41, 5.74) is 1.93. The second-order valence-electron chi connectivity index (χ2n) is 4.70. The van der Waals surface area contributed by atoms with Crippen LogP contribution in [0.4, 0.5) is 10.1 Å². The van der Waals surface area contributed by atoms with Crippen molar-refractivity contribution in [2.75, 3.05) is 11.8 Å². The molecule has 0 spiro atoms. The van der Waals surface area contributed by atoms with E-state index in [1.54, 1.807) is 12.1 Å². The van der Waals surface area contributed by atoms with Gasteiger partial charge in [-0.15, -0.1) is 0 Å². The van der Waals surface area contributed by atoms with Crippen molar-refractivity contribution >= 4 is 15.7 Å². The zero-order valence-corrected chi connectivity index (χ0v) is 12.8. The van der Waals surface area contributed by atoms with Crippen LogP contribution in [0.1, 0.15) is 11.1 Å². The van der Waals surface area contributed by atoms with Gasteiger partial charge < -0.3 is 4.74 Å². The first kappa shape index (κ1) is 15.3. The van der Waals surface area contributed by atoms with E-state index in [-0.39, 0.29) is 16.3 Å². The molecule has 0 heterocycles. The smallest absolute Gasteiger partial charge is 0.262 e. The first-order chi connectivity index (χ1) is 9.83. The Morgan fingerprint density at radius 1 is 1.05 bits per heavy atom. The Morgan fingerprint density at radius 2 is 1.76 bits per heavy atom. The van der Waals surface area contributed by atoms with Gasteiger partial charge in [0.1, 0.15) is 11.6 Å². The fraction of sp³-hybridized carbons (Fsp3) is 0.200. The van der Waals surface area contributed by atoms with Gasteiger partial charge >= 0.3 is 0 Å². The van der Waals surface area contributed by atoms with Crippen LogP contribution >= 0.6 is 0 Å². The summed E-state index contributed by atoms with van der Waals surface area (Å²) < 4.78 is 45.4.